The topological polar surface area (TPSA) is 49.4 Å². The zero-order valence-corrected chi connectivity index (χ0v) is 14.1. The summed E-state index contributed by atoms with van der Waals surface area (Å²) in [5.74, 6) is 0. The molecule has 0 amide bonds. The molecule has 21 heavy (non-hydrogen) atoms. The minimum Gasteiger partial charge on any atom is -0.380 e. The molecule has 0 radical (unpaired) electrons. The molecule has 0 aliphatic heterocycles. The lowest BCUT2D eigenvalue weighted by Gasteiger charge is -2.12. The van der Waals surface area contributed by atoms with Gasteiger partial charge < -0.3 is 5.32 Å². The lowest BCUT2D eigenvalue weighted by Crippen LogP contribution is -2.22. The van der Waals surface area contributed by atoms with Crippen LogP contribution in [0.2, 0.25) is 0 Å². The molecule has 0 fully saturated rings. The molecule has 0 bridgehead atoms. The van der Waals surface area contributed by atoms with Gasteiger partial charge in [0.05, 0.1) is 4.90 Å². The Hall–Kier alpha value is -1.37. The molecule has 0 unspecified atom stereocenters. The molecule has 0 atom stereocenters. The SMILES string of the molecule is CCc1ccc(CNc2cccc(S(=O)(=O)N(C)C)c2)s1. The van der Waals surface area contributed by atoms with Crippen molar-refractivity contribution >= 4 is 27.0 Å². The van der Waals surface area contributed by atoms with E-state index >= 15 is 0 Å². The number of aryl methyl sites for hydroxylation is 1. The Morgan fingerprint density at radius 3 is 2.48 bits per heavy atom. The first-order valence-corrected chi connectivity index (χ1v) is 9.03. The van der Waals surface area contributed by atoms with Crippen LogP contribution in [0.4, 0.5) is 5.69 Å². The molecule has 0 saturated carbocycles. The van der Waals surface area contributed by atoms with Crippen LogP contribution in [0.25, 0.3) is 0 Å². The van der Waals surface area contributed by atoms with Crippen LogP contribution in [0.3, 0.4) is 0 Å². The van der Waals surface area contributed by atoms with Crippen molar-refractivity contribution in [2.45, 2.75) is 24.8 Å². The van der Waals surface area contributed by atoms with Crippen LogP contribution in [0.15, 0.2) is 41.3 Å². The molecule has 6 heteroatoms. The Kier molecular flexibility index (Phi) is 5.03. The molecule has 2 aromatic rings. The van der Waals surface area contributed by atoms with Crippen LogP contribution >= 0.6 is 11.3 Å². The zero-order chi connectivity index (χ0) is 15.5. The summed E-state index contributed by atoms with van der Waals surface area (Å²) in [7, 11) is -0.316. The third-order valence-electron chi connectivity index (χ3n) is 3.15. The van der Waals surface area contributed by atoms with Gasteiger partial charge >= 0.3 is 0 Å². The van der Waals surface area contributed by atoms with Crippen molar-refractivity contribution in [2.24, 2.45) is 0 Å². The monoisotopic (exact) mass is 324 g/mol. The number of benzene rings is 1. The lowest BCUT2D eigenvalue weighted by molar-refractivity contribution is 0.521. The van der Waals surface area contributed by atoms with Gasteiger partial charge in [-0.15, -0.1) is 11.3 Å². The quantitative estimate of drug-likeness (QED) is 0.888. The summed E-state index contributed by atoms with van der Waals surface area (Å²) in [5.41, 5.74) is 0.810. The van der Waals surface area contributed by atoms with Crippen LogP contribution in [0.1, 0.15) is 16.7 Å². The number of nitrogens with zero attached hydrogens (tertiary/aromatic N) is 1. The number of rotatable bonds is 6. The second kappa shape index (κ2) is 6.60. The summed E-state index contributed by atoms with van der Waals surface area (Å²) in [6.45, 7) is 2.84. The van der Waals surface area contributed by atoms with Crippen molar-refractivity contribution in [3.63, 3.8) is 0 Å². The van der Waals surface area contributed by atoms with E-state index in [0.29, 0.717) is 11.4 Å². The Morgan fingerprint density at radius 1 is 1.14 bits per heavy atom. The fourth-order valence-corrected chi connectivity index (χ4v) is 3.72. The number of nitrogens with one attached hydrogen (secondary N) is 1. The Bertz CT molecular complexity index is 706. The minimum atomic E-state index is -3.39. The maximum atomic E-state index is 12.1. The molecule has 0 saturated heterocycles. The van der Waals surface area contributed by atoms with Gasteiger partial charge in [-0.3, -0.25) is 0 Å². The molecule has 1 aromatic carbocycles. The van der Waals surface area contributed by atoms with Gasteiger partial charge in [0, 0.05) is 36.1 Å². The van der Waals surface area contributed by atoms with E-state index in [4.69, 9.17) is 0 Å². The Labute approximate surface area is 130 Å². The molecule has 114 valence electrons. The second-order valence-corrected chi connectivity index (χ2v) is 8.30. The molecular formula is C15H20N2O2S2. The zero-order valence-electron chi connectivity index (χ0n) is 12.5. The number of hydrogen-bond acceptors (Lipinski definition) is 4. The van der Waals surface area contributed by atoms with Gasteiger partial charge in [0.2, 0.25) is 10.0 Å². The highest BCUT2D eigenvalue weighted by Gasteiger charge is 2.17. The maximum Gasteiger partial charge on any atom is 0.242 e. The predicted molar refractivity (Wildman–Crippen MR) is 88.3 cm³/mol. The van der Waals surface area contributed by atoms with Crippen molar-refractivity contribution in [2.75, 3.05) is 19.4 Å². The molecule has 2 rings (SSSR count). The van der Waals surface area contributed by atoms with Gasteiger partial charge in [-0.2, -0.15) is 0 Å². The van der Waals surface area contributed by atoms with Crippen LogP contribution in [-0.2, 0) is 23.0 Å². The fourth-order valence-electron chi connectivity index (χ4n) is 1.87. The van der Waals surface area contributed by atoms with Crippen LogP contribution in [-0.4, -0.2) is 26.8 Å². The highest BCUT2D eigenvalue weighted by molar-refractivity contribution is 7.89. The van der Waals surface area contributed by atoms with Crippen LogP contribution < -0.4 is 5.32 Å². The van der Waals surface area contributed by atoms with Gasteiger partial charge in [0.25, 0.3) is 0 Å². The van der Waals surface area contributed by atoms with Crippen molar-refractivity contribution in [3.05, 3.63) is 46.2 Å². The third-order valence-corrected chi connectivity index (χ3v) is 6.19. The van der Waals surface area contributed by atoms with Crippen molar-refractivity contribution in [1.29, 1.82) is 0 Å². The first-order chi connectivity index (χ1) is 9.93. The third kappa shape index (κ3) is 3.84. The second-order valence-electron chi connectivity index (χ2n) is 4.89. The predicted octanol–water partition coefficient (Wildman–Crippen LogP) is 3.17. The first kappa shape index (κ1) is 16.0. The molecular weight excluding hydrogens is 304 g/mol. The Morgan fingerprint density at radius 2 is 1.86 bits per heavy atom. The highest BCUT2D eigenvalue weighted by Crippen LogP contribution is 2.21. The van der Waals surface area contributed by atoms with Crippen molar-refractivity contribution in [3.8, 4) is 0 Å². The summed E-state index contributed by atoms with van der Waals surface area (Å²) < 4.78 is 25.4. The van der Waals surface area contributed by atoms with Gasteiger partial charge in [-0.1, -0.05) is 13.0 Å². The van der Waals surface area contributed by atoms with Crippen LogP contribution in [0, 0.1) is 0 Å². The van der Waals surface area contributed by atoms with E-state index in [0.717, 1.165) is 12.1 Å². The normalized spacial score (nSPS) is 11.8. The molecule has 1 aromatic heterocycles. The summed E-state index contributed by atoms with van der Waals surface area (Å²) in [6, 6.07) is 11.2. The van der Waals surface area contributed by atoms with Gasteiger partial charge in [0.1, 0.15) is 0 Å². The first-order valence-electron chi connectivity index (χ1n) is 6.77. The summed E-state index contributed by atoms with van der Waals surface area (Å²) in [5, 5.41) is 3.28. The average Bonchev–Trinajstić information content (AvgIpc) is 2.93. The van der Waals surface area contributed by atoms with Gasteiger partial charge in [-0.25, -0.2) is 12.7 Å². The Balaban J connectivity index is 2.11. The molecule has 0 aliphatic rings. The highest BCUT2D eigenvalue weighted by atomic mass is 32.2. The number of anilines is 1. The molecule has 0 spiro atoms. The fraction of sp³-hybridized carbons (Fsp3) is 0.333. The molecule has 1 heterocycles. The average molecular weight is 324 g/mol. The summed E-state index contributed by atoms with van der Waals surface area (Å²) >= 11 is 1.78. The van der Waals surface area contributed by atoms with Gasteiger partial charge in [0.15, 0.2) is 0 Å². The van der Waals surface area contributed by atoms with E-state index < -0.39 is 10.0 Å². The van der Waals surface area contributed by atoms with E-state index in [9.17, 15) is 8.42 Å². The lowest BCUT2D eigenvalue weighted by atomic mass is 10.3. The maximum absolute atomic E-state index is 12.1. The smallest absolute Gasteiger partial charge is 0.242 e. The van der Waals surface area contributed by atoms with Gasteiger partial charge in [-0.05, 0) is 36.8 Å². The van der Waals surface area contributed by atoms with E-state index in [-0.39, 0.29) is 0 Å². The van der Waals surface area contributed by atoms with Crippen molar-refractivity contribution in [1.82, 2.24) is 4.31 Å². The van der Waals surface area contributed by atoms with E-state index in [1.807, 2.05) is 6.07 Å². The number of sulfonamides is 1. The number of hydrogen-bond donors (Lipinski definition) is 1. The standard InChI is InChI=1S/C15H20N2O2S2/c1-4-13-8-9-14(20-13)11-16-12-6-5-7-15(10-12)21(18,19)17(2)3/h5-10,16H,4,11H2,1-3H3. The minimum absolute atomic E-state index is 0.304. The van der Waals surface area contributed by atoms with E-state index in [2.05, 4.69) is 24.4 Å². The largest absolute Gasteiger partial charge is 0.380 e. The molecule has 1 N–H and O–H groups in total. The van der Waals surface area contributed by atoms with E-state index in [1.54, 1.807) is 29.5 Å². The summed E-state index contributed by atoms with van der Waals surface area (Å²) in [4.78, 5) is 2.90. The number of thiophene rings is 1. The summed E-state index contributed by atoms with van der Waals surface area (Å²) in [6.07, 6.45) is 1.04. The van der Waals surface area contributed by atoms with E-state index in [1.165, 1.54) is 28.2 Å². The van der Waals surface area contributed by atoms with Crippen LogP contribution in [0.5, 0.6) is 0 Å². The van der Waals surface area contributed by atoms with Crippen molar-refractivity contribution < 1.29 is 8.42 Å². The molecule has 0 aliphatic carbocycles. The molecule has 4 nitrogen and oxygen atoms in total.